The van der Waals surface area contributed by atoms with Crippen molar-refractivity contribution in [3.05, 3.63) is 58.3 Å². The summed E-state index contributed by atoms with van der Waals surface area (Å²) in [5.74, 6) is -5.22. The number of halogens is 1. The Hall–Kier alpha value is -3.60. The zero-order valence-corrected chi connectivity index (χ0v) is 17.6. The molecule has 0 saturated heterocycles. The van der Waals surface area contributed by atoms with E-state index < -0.39 is 54.7 Å². The van der Waals surface area contributed by atoms with Crippen molar-refractivity contribution < 1.29 is 38.2 Å². The summed E-state index contributed by atoms with van der Waals surface area (Å²) in [6, 6.07) is 7.53. The highest BCUT2D eigenvalue weighted by Crippen LogP contribution is 2.10. The molecule has 1 heterocycles. The van der Waals surface area contributed by atoms with Crippen LogP contribution >= 0.6 is 11.3 Å². The number of alkyl carbamates (subject to hydrolysis) is 1. The number of amides is 2. The molecule has 2 aromatic rings. The molecule has 1 aromatic carbocycles. The van der Waals surface area contributed by atoms with Crippen LogP contribution in [0.5, 0.6) is 0 Å². The molecule has 0 saturated carbocycles. The van der Waals surface area contributed by atoms with Crippen LogP contribution in [0.3, 0.4) is 0 Å². The number of ether oxygens (including phenoxy) is 1. The third-order valence-electron chi connectivity index (χ3n) is 4.25. The number of rotatable bonds is 12. The van der Waals surface area contributed by atoms with Gasteiger partial charge in [0.2, 0.25) is 17.5 Å². The third-order valence-corrected chi connectivity index (χ3v) is 4.98. The van der Waals surface area contributed by atoms with Crippen LogP contribution in [-0.4, -0.2) is 53.4 Å². The molecule has 0 spiro atoms. The van der Waals surface area contributed by atoms with Gasteiger partial charge in [-0.1, -0.05) is 30.3 Å². The molecule has 3 N–H and O–H groups in total. The van der Waals surface area contributed by atoms with Crippen molar-refractivity contribution in [2.24, 2.45) is 0 Å². The predicted molar refractivity (Wildman–Crippen MR) is 112 cm³/mol. The second-order valence-corrected chi connectivity index (χ2v) is 7.45. The number of thiophene rings is 1. The van der Waals surface area contributed by atoms with E-state index in [9.17, 15) is 28.4 Å². The number of hydrogen-bond acceptors (Lipinski definition) is 7. The zero-order valence-electron chi connectivity index (χ0n) is 16.8. The van der Waals surface area contributed by atoms with Crippen LogP contribution in [0.15, 0.2) is 47.2 Å². The smallest absolute Gasteiger partial charge is 0.408 e. The SMILES string of the molecule is O=C(O)CC(NC(=O)C(Cc1ccsc1)NC(=O)OCc1ccccc1)C(=O)C(=O)CF. The van der Waals surface area contributed by atoms with Gasteiger partial charge < -0.3 is 20.5 Å². The Bertz CT molecular complexity index is 950. The van der Waals surface area contributed by atoms with Gasteiger partial charge in [0.25, 0.3) is 0 Å². The van der Waals surface area contributed by atoms with Crippen LogP contribution in [0.1, 0.15) is 17.5 Å². The predicted octanol–water partition coefficient (Wildman–Crippen LogP) is 1.65. The Morgan fingerprint density at radius 2 is 1.72 bits per heavy atom. The first-order valence-electron chi connectivity index (χ1n) is 9.43. The van der Waals surface area contributed by atoms with Crippen molar-refractivity contribution in [1.29, 1.82) is 0 Å². The fourth-order valence-electron chi connectivity index (χ4n) is 2.68. The van der Waals surface area contributed by atoms with E-state index in [2.05, 4.69) is 10.6 Å². The lowest BCUT2D eigenvalue weighted by Gasteiger charge is -2.21. The molecule has 0 fully saturated rings. The Labute approximate surface area is 186 Å². The van der Waals surface area contributed by atoms with Gasteiger partial charge in [-0.3, -0.25) is 19.2 Å². The minimum Gasteiger partial charge on any atom is -0.481 e. The van der Waals surface area contributed by atoms with Gasteiger partial charge in [0.05, 0.1) is 6.42 Å². The normalized spacial score (nSPS) is 12.3. The minimum atomic E-state index is -1.77. The molecule has 11 heteroatoms. The van der Waals surface area contributed by atoms with Crippen LogP contribution in [0.4, 0.5) is 9.18 Å². The molecule has 0 radical (unpaired) electrons. The van der Waals surface area contributed by atoms with Crippen LogP contribution < -0.4 is 10.6 Å². The fraction of sp³-hybridized carbons (Fsp3) is 0.286. The van der Waals surface area contributed by atoms with E-state index in [0.29, 0.717) is 5.56 Å². The molecule has 0 aliphatic carbocycles. The molecule has 2 atom stereocenters. The lowest BCUT2D eigenvalue weighted by Crippen LogP contribution is -2.54. The molecule has 2 unspecified atom stereocenters. The lowest BCUT2D eigenvalue weighted by atomic mass is 10.0. The van der Waals surface area contributed by atoms with E-state index in [1.54, 1.807) is 47.2 Å². The third kappa shape index (κ3) is 7.91. The minimum absolute atomic E-state index is 0.0147. The second kappa shape index (κ2) is 12.3. The van der Waals surface area contributed by atoms with Crippen molar-refractivity contribution in [3.8, 4) is 0 Å². The molecule has 0 bridgehead atoms. The molecule has 32 heavy (non-hydrogen) atoms. The van der Waals surface area contributed by atoms with Crippen LogP contribution in [0, 0.1) is 0 Å². The molecule has 170 valence electrons. The van der Waals surface area contributed by atoms with E-state index in [1.165, 1.54) is 11.3 Å². The molecule has 9 nitrogen and oxygen atoms in total. The van der Waals surface area contributed by atoms with E-state index in [4.69, 9.17) is 9.84 Å². The monoisotopic (exact) mass is 464 g/mol. The Morgan fingerprint density at radius 1 is 1.00 bits per heavy atom. The lowest BCUT2D eigenvalue weighted by molar-refractivity contribution is -0.143. The molecule has 0 aliphatic rings. The number of nitrogens with one attached hydrogen (secondary N) is 2. The number of aliphatic carboxylic acids is 1. The van der Waals surface area contributed by atoms with Crippen molar-refractivity contribution in [1.82, 2.24) is 10.6 Å². The van der Waals surface area contributed by atoms with Gasteiger partial charge in [-0.2, -0.15) is 11.3 Å². The average Bonchev–Trinajstić information content (AvgIpc) is 3.29. The van der Waals surface area contributed by atoms with E-state index >= 15 is 0 Å². The van der Waals surface area contributed by atoms with Gasteiger partial charge in [-0.15, -0.1) is 0 Å². The summed E-state index contributed by atoms with van der Waals surface area (Å²) in [5.41, 5.74) is 1.41. The summed E-state index contributed by atoms with van der Waals surface area (Å²) < 4.78 is 17.7. The number of carbonyl (C=O) groups is 5. The van der Waals surface area contributed by atoms with Crippen LogP contribution in [-0.2, 0) is 36.9 Å². The molecular weight excluding hydrogens is 443 g/mol. The average molecular weight is 464 g/mol. The number of carboxylic acid groups (broad SMARTS) is 1. The molecule has 2 rings (SSSR count). The van der Waals surface area contributed by atoms with Gasteiger partial charge in [0.1, 0.15) is 18.7 Å². The quantitative estimate of drug-likeness (QED) is 0.406. The molecule has 0 aliphatic heterocycles. The van der Waals surface area contributed by atoms with Gasteiger partial charge in [0.15, 0.2) is 6.67 Å². The first kappa shape index (κ1) is 24.7. The summed E-state index contributed by atoms with van der Waals surface area (Å²) in [6.07, 6.45) is -1.81. The van der Waals surface area contributed by atoms with Gasteiger partial charge >= 0.3 is 12.1 Å². The molecule has 2 amide bonds. The van der Waals surface area contributed by atoms with Gasteiger partial charge in [-0.05, 0) is 28.0 Å². The maximum Gasteiger partial charge on any atom is 0.408 e. The largest absolute Gasteiger partial charge is 0.481 e. The number of carboxylic acids is 1. The zero-order chi connectivity index (χ0) is 23.5. The number of alkyl halides is 1. The Balaban J connectivity index is 2.10. The fourth-order valence-corrected chi connectivity index (χ4v) is 3.36. The highest BCUT2D eigenvalue weighted by atomic mass is 32.1. The first-order chi connectivity index (χ1) is 15.3. The summed E-state index contributed by atoms with van der Waals surface area (Å²) in [4.78, 5) is 59.4. The summed E-state index contributed by atoms with van der Waals surface area (Å²) >= 11 is 1.36. The first-order valence-corrected chi connectivity index (χ1v) is 10.4. The Kier molecular flexibility index (Phi) is 9.48. The highest BCUT2D eigenvalue weighted by Gasteiger charge is 2.32. The maximum absolute atomic E-state index is 12.8. The number of ketones is 2. The number of benzene rings is 1. The molecular formula is C21H21FN2O7S. The van der Waals surface area contributed by atoms with Gasteiger partial charge in [0, 0.05) is 6.42 Å². The molecule has 1 aromatic heterocycles. The summed E-state index contributed by atoms with van der Waals surface area (Å²) in [6.45, 7) is -1.67. The van der Waals surface area contributed by atoms with Crippen molar-refractivity contribution in [2.45, 2.75) is 31.5 Å². The number of Topliss-reactive ketones (excluding diaryl/α,β-unsaturated/α-hetero) is 2. The topological polar surface area (TPSA) is 139 Å². The standard InChI is InChI=1S/C21H21FN2O7S/c22-10-17(25)19(28)15(9-18(26)27)23-20(29)16(8-14-6-7-32-12-14)24-21(30)31-11-13-4-2-1-3-5-13/h1-7,12,15-16H,8-11H2,(H,23,29)(H,24,30)(H,26,27). The van der Waals surface area contributed by atoms with Crippen molar-refractivity contribution >= 4 is 40.9 Å². The van der Waals surface area contributed by atoms with Crippen LogP contribution in [0.2, 0.25) is 0 Å². The van der Waals surface area contributed by atoms with E-state index in [1.807, 2.05) is 0 Å². The number of carbonyl (C=O) groups excluding carboxylic acids is 4. The maximum atomic E-state index is 12.8. The van der Waals surface area contributed by atoms with E-state index in [0.717, 1.165) is 5.56 Å². The van der Waals surface area contributed by atoms with E-state index in [-0.39, 0.29) is 13.0 Å². The highest BCUT2D eigenvalue weighted by molar-refractivity contribution is 7.07. The Morgan fingerprint density at radius 3 is 2.31 bits per heavy atom. The number of hydrogen-bond donors (Lipinski definition) is 3. The van der Waals surface area contributed by atoms with Crippen molar-refractivity contribution in [2.75, 3.05) is 6.67 Å². The van der Waals surface area contributed by atoms with Crippen LogP contribution in [0.25, 0.3) is 0 Å². The summed E-state index contributed by atoms with van der Waals surface area (Å²) in [5, 5.41) is 17.0. The van der Waals surface area contributed by atoms with Gasteiger partial charge in [-0.25, -0.2) is 9.18 Å². The van der Waals surface area contributed by atoms with Crippen molar-refractivity contribution in [3.63, 3.8) is 0 Å². The second-order valence-electron chi connectivity index (χ2n) is 6.67. The summed E-state index contributed by atoms with van der Waals surface area (Å²) in [7, 11) is 0.